The molecule has 0 aromatic carbocycles. The zero-order chi connectivity index (χ0) is 21.0. The summed E-state index contributed by atoms with van der Waals surface area (Å²) in [5, 5.41) is 62.6. The van der Waals surface area contributed by atoms with Crippen molar-refractivity contribution >= 4 is 0 Å². The van der Waals surface area contributed by atoms with Gasteiger partial charge in [-0.2, -0.15) is 5.11 Å². The number of nitrogens with zero attached hydrogens (tertiary/aromatic N) is 1. The molecule has 2 aliphatic heterocycles. The van der Waals surface area contributed by atoms with Crippen LogP contribution in [0.3, 0.4) is 0 Å². The lowest BCUT2D eigenvalue weighted by atomic mass is 9.92. The quantitative estimate of drug-likeness (QED) is 0.207. The Kier molecular flexibility index (Phi) is 8.63. The largest absolute Gasteiger partial charge is 0.394 e. The minimum absolute atomic E-state index is 0.0849. The van der Waals surface area contributed by atoms with Crippen molar-refractivity contribution in [2.24, 2.45) is 11.0 Å². The molecule has 28 heavy (non-hydrogen) atoms. The third-order valence-corrected chi connectivity index (χ3v) is 5.02. The summed E-state index contributed by atoms with van der Waals surface area (Å²) in [4.78, 5) is 0. The third kappa shape index (κ3) is 5.02. The molecule has 0 bridgehead atoms. The van der Waals surface area contributed by atoms with Crippen molar-refractivity contribution in [3.63, 3.8) is 0 Å². The fraction of sp³-hybridized carbons (Fsp3) is 1.00. The Morgan fingerprint density at radius 2 is 1.54 bits per heavy atom. The van der Waals surface area contributed by atoms with Crippen LogP contribution in [0.15, 0.2) is 5.11 Å². The zero-order valence-electron chi connectivity index (χ0n) is 15.7. The van der Waals surface area contributed by atoms with Gasteiger partial charge in [0.25, 0.3) is 0 Å². The molecule has 2 aliphatic rings. The monoisotopic (exact) mass is 410 g/mol. The summed E-state index contributed by atoms with van der Waals surface area (Å²) in [6.07, 6.45) is -11.7. The number of nitrogens with one attached hydrogen (secondary N) is 1. The molecule has 0 aliphatic carbocycles. The van der Waals surface area contributed by atoms with E-state index in [1.807, 2.05) is 0 Å². The molecule has 0 aromatic rings. The van der Waals surface area contributed by atoms with Gasteiger partial charge < -0.3 is 49.6 Å². The summed E-state index contributed by atoms with van der Waals surface area (Å²) in [5.74, 6) is -0.601. The number of hydrogen-bond acceptors (Lipinski definition) is 12. The third-order valence-electron chi connectivity index (χ3n) is 5.02. The molecule has 0 amide bonds. The highest BCUT2D eigenvalue weighted by Gasteiger charge is 2.49. The van der Waals surface area contributed by atoms with Gasteiger partial charge in [-0.05, 0) is 6.92 Å². The lowest BCUT2D eigenvalue weighted by Gasteiger charge is -2.46. The van der Waals surface area contributed by atoms with Crippen molar-refractivity contribution in [2.75, 3.05) is 19.8 Å². The normalized spacial score (nSPS) is 45.6. The van der Waals surface area contributed by atoms with Crippen molar-refractivity contribution < 1.29 is 49.6 Å². The maximum absolute atomic E-state index is 10.6. The van der Waals surface area contributed by atoms with Gasteiger partial charge in [0.2, 0.25) is 0 Å². The van der Waals surface area contributed by atoms with Gasteiger partial charge in [-0.15, -0.1) is 0 Å². The number of ether oxygens (including phenoxy) is 4. The molecule has 7 N–H and O–H groups in total. The molecular formula is C16H30N2O10. The molecule has 0 radical (unpaired) electrons. The van der Waals surface area contributed by atoms with Gasteiger partial charge in [0.05, 0.1) is 32.0 Å². The molecule has 12 heteroatoms. The van der Waals surface area contributed by atoms with E-state index in [4.69, 9.17) is 24.5 Å². The molecule has 0 saturated carbocycles. The second-order valence-electron chi connectivity index (χ2n) is 7.18. The molecule has 5 unspecified atom stereocenters. The molecular weight excluding hydrogens is 380 g/mol. The highest BCUT2D eigenvalue weighted by molar-refractivity contribution is 4.93. The predicted molar refractivity (Wildman–Crippen MR) is 90.1 cm³/mol. The first-order valence-electron chi connectivity index (χ1n) is 9.13. The Balaban J connectivity index is 2.07. The molecule has 2 heterocycles. The van der Waals surface area contributed by atoms with Crippen molar-refractivity contribution in [1.29, 1.82) is 5.53 Å². The Hall–Kier alpha value is -0.800. The van der Waals surface area contributed by atoms with Gasteiger partial charge in [-0.3, -0.25) is 0 Å². The summed E-state index contributed by atoms with van der Waals surface area (Å²) in [7, 11) is 0. The van der Waals surface area contributed by atoms with E-state index in [1.54, 1.807) is 13.8 Å². The second-order valence-corrected chi connectivity index (χ2v) is 7.18. The van der Waals surface area contributed by atoms with Crippen LogP contribution in [-0.4, -0.2) is 112 Å². The first-order chi connectivity index (χ1) is 13.2. The second kappa shape index (κ2) is 10.3. The first-order valence-corrected chi connectivity index (χ1v) is 9.13. The van der Waals surface area contributed by atoms with E-state index in [0.29, 0.717) is 0 Å². The average molecular weight is 410 g/mol. The van der Waals surface area contributed by atoms with Crippen LogP contribution >= 0.6 is 0 Å². The number of aliphatic hydroxyl groups excluding tert-OH is 6. The van der Waals surface area contributed by atoms with E-state index in [-0.39, 0.29) is 6.61 Å². The van der Waals surface area contributed by atoms with Crippen LogP contribution in [-0.2, 0) is 18.9 Å². The van der Waals surface area contributed by atoms with Gasteiger partial charge in [-0.25, -0.2) is 5.53 Å². The van der Waals surface area contributed by atoms with Crippen molar-refractivity contribution in [2.45, 2.75) is 75.2 Å². The Morgan fingerprint density at radius 3 is 2.11 bits per heavy atom. The van der Waals surface area contributed by atoms with E-state index < -0.39 is 80.5 Å². The summed E-state index contributed by atoms with van der Waals surface area (Å²) in [6.45, 7) is 2.23. The van der Waals surface area contributed by atoms with E-state index >= 15 is 0 Å². The Bertz CT molecular complexity index is 496. The number of aliphatic hydroxyl groups is 6. The van der Waals surface area contributed by atoms with Gasteiger partial charge >= 0.3 is 0 Å². The van der Waals surface area contributed by atoms with Gasteiger partial charge in [0.1, 0.15) is 36.6 Å². The minimum atomic E-state index is -1.65. The van der Waals surface area contributed by atoms with Crippen LogP contribution < -0.4 is 0 Å². The zero-order valence-corrected chi connectivity index (χ0v) is 15.7. The SMILES string of the molecule is CC(CO[C@@H]1OC(CO)[C@@H](O[C@@H]2OC(CO)[C@H](O)C(O)[C@@H]2O)C(O)[C@@H]1C)N=N. The van der Waals surface area contributed by atoms with Crippen LogP contribution in [0.2, 0.25) is 0 Å². The summed E-state index contributed by atoms with van der Waals surface area (Å²) < 4.78 is 22.0. The molecule has 2 saturated heterocycles. The summed E-state index contributed by atoms with van der Waals surface area (Å²) >= 11 is 0. The average Bonchev–Trinajstić information content (AvgIpc) is 2.70. The first kappa shape index (κ1) is 23.5. The number of hydrogen-bond donors (Lipinski definition) is 7. The topological polar surface area (TPSA) is 195 Å². The summed E-state index contributed by atoms with van der Waals surface area (Å²) in [5.41, 5.74) is 6.95. The summed E-state index contributed by atoms with van der Waals surface area (Å²) in [6, 6.07) is -0.399. The van der Waals surface area contributed by atoms with Crippen LogP contribution in [0.25, 0.3) is 0 Å². The Labute approximate surface area is 162 Å². The molecule has 12 nitrogen and oxygen atoms in total. The smallest absolute Gasteiger partial charge is 0.187 e. The van der Waals surface area contributed by atoms with Crippen LogP contribution in [0, 0.1) is 11.4 Å². The van der Waals surface area contributed by atoms with E-state index in [9.17, 15) is 30.6 Å². The van der Waals surface area contributed by atoms with Gasteiger partial charge in [0.15, 0.2) is 12.6 Å². The fourth-order valence-electron chi connectivity index (χ4n) is 3.17. The highest BCUT2D eigenvalue weighted by atomic mass is 16.7. The molecule has 0 aromatic heterocycles. The van der Waals surface area contributed by atoms with Crippen molar-refractivity contribution in [3.8, 4) is 0 Å². The molecule has 11 atom stereocenters. The van der Waals surface area contributed by atoms with E-state index in [1.165, 1.54) is 0 Å². The van der Waals surface area contributed by atoms with Gasteiger partial charge in [-0.1, -0.05) is 6.92 Å². The maximum Gasteiger partial charge on any atom is 0.187 e. The number of rotatable bonds is 8. The standard InChI is InChI=1S/C16H30N2O10/c1-6(18-17)5-25-15-7(2)10(21)14(9(4-20)27-15)28-16-13(24)12(23)11(22)8(3-19)26-16/h6-17,19-24H,3-5H2,1-2H3/t6?,7-,8?,9?,10?,11-,12?,13-,14+,15+,16-/m0/s1. The van der Waals surface area contributed by atoms with Crippen molar-refractivity contribution in [3.05, 3.63) is 0 Å². The lowest BCUT2D eigenvalue weighted by Crippen LogP contribution is -2.63. The molecule has 164 valence electrons. The molecule has 2 rings (SSSR count). The van der Waals surface area contributed by atoms with Crippen molar-refractivity contribution in [1.82, 2.24) is 0 Å². The highest BCUT2D eigenvalue weighted by Crippen LogP contribution is 2.32. The van der Waals surface area contributed by atoms with E-state index in [0.717, 1.165) is 0 Å². The fourth-order valence-corrected chi connectivity index (χ4v) is 3.17. The maximum atomic E-state index is 10.6. The minimum Gasteiger partial charge on any atom is -0.394 e. The predicted octanol–water partition coefficient (Wildman–Crippen LogP) is -2.68. The van der Waals surface area contributed by atoms with Gasteiger partial charge in [0, 0.05) is 5.92 Å². The van der Waals surface area contributed by atoms with Crippen LogP contribution in [0.5, 0.6) is 0 Å². The molecule has 0 spiro atoms. The van der Waals surface area contributed by atoms with Crippen LogP contribution in [0.4, 0.5) is 0 Å². The lowest BCUT2D eigenvalue weighted by molar-refractivity contribution is -0.353. The molecule has 2 fully saturated rings. The van der Waals surface area contributed by atoms with Crippen LogP contribution in [0.1, 0.15) is 13.8 Å². The van der Waals surface area contributed by atoms with E-state index in [2.05, 4.69) is 5.11 Å². The Morgan fingerprint density at radius 1 is 0.929 bits per heavy atom.